The minimum absolute atomic E-state index is 0.0102. The fraction of sp³-hybridized carbons (Fsp3) is 0.310. The van der Waals surface area contributed by atoms with Gasteiger partial charge in [-0.2, -0.15) is 0 Å². The zero-order valence-electron chi connectivity index (χ0n) is 22.4. The highest BCUT2D eigenvalue weighted by molar-refractivity contribution is 7.92. The van der Waals surface area contributed by atoms with Gasteiger partial charge in [-0.15, -0.1) is 0 Å². The molecule has 10 heteroatoms. The van der Waals surface area contributed by atoms with Crippen molar-refractivity contribution in [3.05, 3.63) is 101 Å². The predicted molar refractivity (Wildman–Crippen MR) is 152 cm³/mol. The first-order chi connectivity index (χ1) is 18.2. The Morgan fingerprint density at radius 3 is 2.15 bits per heavy atom. The quantitative estimate of drug-likeness (QED) is 0.377. The smallest absolute Gasteiger partial charge is 0.244 e. The Bertz CT molecular complexity index is 1390. The molecule has 3 aromatic carbocycles. The number of carbonyl (C=O) groups is 2. The summed E-state index contributed by atoms with van der Waals surface area (Å²) >= 11 is 6.05. The lowest BCUT2D eigenvalue weighted by atomic mass is 10.0. The van der Waals surface area contributed by atoms with Crippen LogP contribution in [-0.4, -0.2) is 49.5 Å². The zero-order chi connectivity index (χ0) is 28.8. The van der Waals surface area contributed by atoms with E-state index in [0.717, 1.165) is 22.2 Å². The molecule has 0 radical (unpaired) electrons. The third kappa shape index (κ3) is 9.07. The maximum atomic E-state index is 14.0. The van der Waals surface area contributed by atoms with E-state index < -0.39 is 39.9 Å². The Labute approximate surface area is 234 Å². The van der Waals surface area contributed by atoms with Crippen molar-refractivity contribution in [1.29, 1.82) is 0 Å². The van der Waals surface area contributed by atoms with Crippen LogP contribution in [0.4, 0.5) is 10.1 Å². The van der Waals surface area contributed by atoms with E-state index in [2.05, 4.69) is 5.32 Å². The first kappa shape index (κ1) is 30.1. The first-order valence-electron chi connectivity index (χ1n) is 12.4. The molecular formula is C29H33ClFN3O4S. The molecule has 0 unspecified atom stereocenters. The van der Waals surface area contributed by atoms with Crippen LogP contribution in [-0.2, 0) is 32.6 Å². The van der Waals surface area contributed by atoms with E-state index >= 15 is 0 Å². The number of sulfonamides is 1. The number of hydrogen-bond donors (Lipinski definition) is 1. The van der Waals surface area contributed by atoms with Crippen molar-refractivity contribution in [2.24, 2.45) is 0 Å². The van der Waals surface area contributed by atoms with Gasteiger partial charge >= 0.3 is 0 Å². The monoisotopic (exact) mass is 573 g/mol. The highest BCUT2D eigenvalue weighted by Crippen LogP contribution is 2.22. The molecule has 3 aromatic rings. The van der Waals surface area contributed by atoms with Gasteiger partial charge in [0.05, 0.1) is 11.9 Å². The molecule has 0 heterocycles. The zero-order valence-corrected chi connectivity index (χ0v) is 24.0. The van der Waals surface area contributed by atoms with Crippen LogP contribution in [0.15, 0.2) is 78.9 Å². The molecule has 208 valence electrons. The van der Waals surface area contributed by atoms with E-state index in [9.17, 15) is 22.4 Å². The largest absolute Gasteiger partial charge is 0.350 e. The van der Waals surface area contributed by atoms with E-state index in [0.29, 0.717) is 10.6 Å². The standard InChI is InChI=1S/C29H33ClFN3O4S/c1-29(2,3)32-28(36)26(17-21-9-6-5-7-10-21)33(19-22-13-15-23(30)16-14-22)27(35)20-34(39(4,37)38)25-12-8-11-24(31)18-25/h5-16,18,26H,17,19-20H2,1-4H3,(H,32,36)/t26-/m1/s1. The second-order valence-corrected chi connectivity index (χ2v) is 12.7. The molecule has 7 nitrogen and oxygen atoms in total. The van der Waals surface area contributed by atoms with Crippen LogP contribution in [0.3, 0.4) is 0 Å². The van der Waals surface area contributed by atoms with Crippen LogP contribution >= 0.6 is 11.6 Å². The molecule has 2 amide bonds. The topological polar surface area (TPSA) is 86.8 Å². The fourth-order valence-electron chi connectivity index (χ4n) is 4.04. The Morgan fingerprint density at radius 2 is 1.59 bits per heavy atom. The second kappa shape index (κ2) is 12.6. The molecular weight excluding hydrogens is 541 g/mol. The van der Waals surface area contributed by atoms with Gasteiger partial charge in [0.15, 0.2) is 0 Å². The Kier molecular flexibility index (Phi) is 9.74. The summed E-state index contributed by atoms with van der Waals surface area (Å²) in [5.41, 5.74) is 0.953. The minimum atomic E-state index is -3.97. The number of anilines is 1. The van der Waals surface area contributed by atoms with Crippen LogP contribution in [0.2, 0.25) is 5.02 Å². The van der Waals surface area contributed by atoms with Crippen LogP contribution in [0, 0.1) is 5.82 Å². The highest BCUT2D eigenvalue weighted by Gasteiger charge is 2.34. The van der Waals surface area contributed by atoms with Gasteiger partial charge in [0.25, 0.3) is 0 Å². The molecule has 0 saturated heterocycles. The summed E-state index contributed by atoms with van der Waals surface area (Å²) in [6, 6.07) is 20.1. The van der Waals surface area contributed by atoms with Crippen molar-refractivity contribution in [3.63, 3.8) is 0 Å². The van der Waals surface area contributed by atoms with Crippen LogP contribution < -0.4 is 9.62 Å². The molecule has 0 saturated carbocycles. The maximum Gasteiger partial charge on any atom is 0.244 e. The molecule has 0 aromatic heterocycles. The molecule has 1 N–H and O–H groups in total. The van der Waals surface area contributed by atoms with Gasteiger partial charge in [-0.1, -0.05) is 60.1 Å². The van der Waals surface area contributed by atoms with Gasteiger partial charge in [0, 0.05) is 23.5 Å². The van der Waals surface area contributed by atoms with Gasteiger partial charge in [0.1, 0.15) is 18.4 Å². The molecule has 0 aliphatic heterocycles. The fourth-order valence-corrected chi connectivity index (χ4v) is 5.01. The molecule has 0 aliphatic rings. The van der Waals surface area contributed by atoms with E-state index in [1.54, 1.807) is 24.3 Å². The number of hydrogen-bond acceptors (Lipinski definition) is 4. The summed E-state index contributed by atoms with van der Waals surface area (Å²) in [5, 5.41) is 3.47. The van der Waals surface area contributed by atoms with E-state index in [1.807, 2.05) is 51.1 Å². The number of carbonyl (C=O) groups excluding carboxylic acids is 2. The minimum Gasteiger partial charge on any atom is -0.350 e. The van der Waals surface area contributed by atoms with Gasteiger partial charge < -0.3 is 10.2 Å². The number of rotatable bonds is 10. The maximum absolute atomic E-state index is 14.0. The Balaban J connectivity index is 2.07. The van der Waals surface area contributed by atoms with Gasteiger partial charge in [-0.3, -0.25) is 13.9 Å². The normalized spacial score (nSPS) is 12.5. The summed E-state index contributed by atoms with van der Waals surface area (Å²) in [4.78, 5) is 29.0. The Hall–Kier alpha value is -3.43. The molecule has 0 fully saturated rings. The van der Waals surface area contributed by atoms with Crippen molar-refractivity contribution in [2.75, 3.05) is 17.1 Å². The summed E-state index contributed by atoms with van der Waals surface area (Å²) in [5.74, 6) is -1.65. The van der Waals surface area contributed by atoms with Gasteiger partial charge in [-0.05, 0) is 62.2 Å². The molecule has 0 aliphatic carbocycles. The van der Waals surface area contributed by atoms with Gasteiger partial charge in [-0.25, -0.2) is 12.8 Å². The van der Waals surface area contributed by atoms with E-state index in [-0.39, 0.29) is 24.6 Å². The third-order valence-corrected chi connectivity index (χ3v) is 7.20. The van der Waals surface area contributed by atoms with Crippen LogP contribution in [0.5, 0.6) is 0 Å². The Morgan fingerprint density at radius 1 is 0.949 bits per heavy atom. The molecule has 0 bridgehead atoms. The number of benzene rings is 3. The first-order valence-corrected chi connectivity index (χ1v) is 14.6. The second-order valence-electron chi connectivity index (χ2n) is 10.3. The van der Waals surface area contributed by atoms with E-state index in [4.69, 9.17) is 11.6 Å². The number of halogens is 2. The summed E-state index contributed by atoms with van der Waals surface area (Å²) < 4.78 is 40.3. The number of nitrogens with zero attached hydrogens (tertiary/aromatic N) is 2. The lowest BCUT2D eigenvalue weighted by Gasteiger charge is -2.35. The van der Waals surface area contributed by atoms with Crippen molar-refractivity contribution in [2.45, 2.75) is 45.3 Å². The summed E-state index contributed by atoms with van der Waals surface area (Å²) in [6.45, 7) is 4.91. The third-order valence-electron chi connectivity index (χ3n) is 5.81. The van der Waals surface area contributed by atoms with Crippen molar-refractivity contribution in [3.8, 4) is 0 Å². The van der Waals surface area contributed by atoms with Gasteiger partial charge in [0.2, 0.25) is 21.8 Å². The van der Waals surface area contributed by atoms with Crippen molar-refractivity contribution < 1.29 is 22.4 Å². The number of amides is 2. The van der Waals surface area contributed by atoms with Crippen molar-refractivity contribution in [1.82, 2.24) is 10.2 Å². The average Bonchev–Trinajstić information content (AvgIpc) is 2.84. The van der Waals surface area contributed by atoms with E-state index in [1.165, 1.54) is 23.1 Å². The summed E-state index contributed by atoms with van der Waals surface area (Å²) in [6.07, 6.45) is 1.14. The lowest BCUT2D eigenvalue weighted by molar-refractivity contribution is -0.140. The molecule has 39 heavy (non-hydrogen) atoms. The SMILES string of the molecule is CC(C)(C)NC(=O)[C@@H](Cc1ccccc1)N(Cc1ccc(Cl)cc1)C(=O)CN(c1cccc(F)c1)S(C)(=O)=O. The highest BCUT2D eigenvalue weighted by atomic mass is 35.5. The predicted octanol–water partition coefficient (Wildman–Crippen LogP) is 4.80. The molecule has 1 atom stereocenters. The van der Waals surface area contributed by atoms with Crippen LogP contribution in [0.25, 0.3) is 0 Å². The average molecular weight is 574 g/mol. The number of nitrogens with one attached hydrogen (secondary N) is 1. The van der Waals surface area contributed by atoms with Crippen molar-refractivity contribution >= 4 is 39.1 Å². The molecule has 3 rings (SSSR count). The van der Waals surface area contributed by atoms with Crippen LogP contribution in [0.1, 0.15) is 31.9 Å². The summed E-state index contributed by atoms with van der Waals surface area (Å²) in [7, 11) is -3.97. The molecule has 0 spiro atoms. The lowest BCUT2D eigenvalue weighted by Crippen LogP contribution is -2.56.